The Morgan fingerprint density at radius 1 is 0.923 bits per heavy atom. The van der Waals surface area contributed by atoms with Gasteiger partial charge in [0.25, 0.3) is 11.8 Å². The molecule has 2 amide bonds. The number of hydrogen-bond donors (Lipinski definition) is 0. The van der Waals surface area contributed by atoms with Crippen LogP contribution in [0.3, 0.4) is 0 Å². The molecule has 2 heterocycles. The molecule has 0 aromatic heterocycles. The van der Waals surface area contributed by atoms with Crippen LogP contribution in [-0.4, -0.2) is 48.6 Å². The van der Waals surface area contributed by atoms with Gasteiger partial charge in [0.05, 0.1) is 22.1 Å². The molecule has 0 saturated carbocycles. The number of sulfonamides is 1. The molecule has 1 fully saturated rings. The Hall–Kier alpha value is -2.22. The van der Waals surface area contributed by atoms with Crippen LogP contribution in [0.2, 0.25) is 5.02 Å². The van der Waals surface area contributed by atoms with Crippen LogP contribution >= 0.6 is 11.6 Å². The largest absolute Gasteiger partial charge is 0.270 e. The molecule has 8 heteroatoms. The number of nitrogens with zero attached hydrogens (tertiary/aromatic N) is 2. The maximum absolute atomic E-state index is 12.8. The van der Waals surface area contributed by atoms with E-state index in [0.29, 0.717) is 22.6 Å². The molecular weight excluding hydrogens is 376 g/mol. The van der Waals surface area contributed by atoms with Crippen LogP contribution in [-0.2, 0) is 10.0 Å². The normalized spacial score (nSPS) is 20.7. The van der Waals surface area contributed by atoms with Crippen molar-refractivity contribution in [3.63, 3.8) is 0 Å². The summed E-state index contributed by atoms with van der Waals surface area (Å²) in [7, 11) is -3.69. The second-order valence-electron chi connectivity index (χ2n) is 6.29. The van der Waals surface area contributed by atoms with Crippen molar-refractivity contribution in [3.05, 3.63) is 64.7 Å². The molecule has 6 nitrogen and oxygen atoms in total. The number of halogens is 1. The Bertz CT molecular complexity index is 969. The van der Waals surface area contributed by atoms with E-state index in [9.17, 15) is 18.0 Å². The van der Waals surface area contributed by atoms with Gasteiger partial charge in [-0.25, -0.2) is 8.42 Å². The van der Waals surface area contributed by atoms with Crippen molar-refractivity contribution < 1.29 is 18.0 Å². The van der Waals surface area contributed by atoms with Crippen molar-refractivity contribution >= 4 is 33.4 Å². The van der Waals surface area contributed by atoms with Crippen LogP contribution in [0.5, 0.6) is 0 Å². The standard InChI is InChI=1S/C18H15ClN2O4S/c19-12-5-7-14(8-6-12)26(24,25)20-10-9-13(11-20)21-17(22)15-3-1-2-4-16(15)18(21)23/h1-8,13H,9-11H2. The van der Waals surface area contributed by atoms with E-state index in [1.807, 2.05) is 0 Å². The molecule has 2 aromatic rings. The van der Waals surface area contributed by atoms with Crippen LogP contribution in [0.15, 0.2) is 53.4 Å². The number of amides is 2. The first kappa shape index (κ1) is 17.2. The third kappa shape index (κ3) is 2.63. The minimum Gasteiger partial charge on any atom is -0.270 e. The third-order valence-electron chi connectivity index (χ3n) is 4.77. The van der Waals surface area contributed by atoms with Crippen molar-refractivity contribution in [1.29, 1.82) is 0 Å². The molecule has 2 aromatic carbocycles. The zero-order valence-corrected chi connectivity index (χ0v) is 15.2. The highest BCUT2D eigenvalue weighted by atomic mass is 35.5. The summed E-state index contributed by atoms with van der Waals surface area (Å²) in [6.45, 7) is 0.347. The summed E-state index contributed by atoms with van der Waals surface area (Å²) in [5, 5.41) is 0.453. The quantitative estimate of drug-likeness (QED) is 0.754. The van der Waals surface area contributed by atoms with Gasteiger partial charge < -0.3 is 0 Å². The minimum atomic E-state index is -3.69. The first-order valence-electron chi connectivity index (χ1n) is 8.12. The number of benzene rings is 2. The fraction of sp³-hybridized carbons (Fsp3) is 0.222. The highest BCUT2D eigenvalue weighted by Gasteiger charge is 2.44. The lowest BCUT2D eigenvalue weighted by Gasteiger charge is -2.22. The van der Waals surface area contributed by atoms with Gasteiger partial charge in [-0.05, 0) is 42.8 Å². The molecule has 0 bridgehead atoms. The summed E-state index contributed by atoms with van der Waals surface area (Å²) in [6, 6.07) is 12.1. The molecule has 26 heavy (non-hydrogen) atoms. The molecule has 2 aliphatic rings. The fourth-order valence-corrected chi connectivity index (χ4v) is 5.05. The molecule has 0 N–H and O–H groups in total. The molecule has 1 saturated heterocycles. The molecule has 0 spiro atoms. The van der Waals surface area contributed by atoms with Crippen molar-refractivity contribution in [3.8, 4) is 0 Å². The lowest BCUT2D eigenvalue weighted by Crippen LogP contribution is -2.42. The molecule has 0 aliphatic carbocycles. The van der Waals surface area contributed by atoms with E-state index >= 15 is 0 Å². The third-order valence-corrected chi connectivity index (χ3v) is 6.90. The Balaban J connectivity index is 1.57. The topological polar surface area (TPSA) is 74.8 Å². The average molecular weight is 391 g/mol. The van der Waals surface area contributed by atoms with E-state index in [2.05, 4.69) is 0 Å². The van der Waals surface area contributed by atoms with Crippen LogP contribution in [0, 0.1) is 0 Å². The van der Waals surface area contributed by atoms with Crippen LogP contribution in [0.25, 0.3) is 0 Å². The van der Waals surface area contributed by atoms with Gasteiger partial charge in [0.2, 0.25) is 10.0 Å². The van der Waals surface area contributed by atoms with E-state index in [0.717, 1.165) is 0 Å². The molecule has 1 atom stereocenters. The number of carbonyl (C=O) groups is 2. The molecule has 2 aliphatic heterocycles. The zero-order valence-electron chi connectivity index (χ0n) is 13.6. The lowest BCUT2D eigenvalue weighted by molar-refractivity contribution is 0.0593. The van der Waals surface area contributed by atoms with Gasteiger partial charge in [0.1, 0.15) is 0 Å². The number of imide groups is 1. The highest BCUT2D eigenvalue weighted by molar-refractivity contribution is 7.89. The molecule has 1 unspecified atom stereocenters. The Morgan fingerprint density at radius 2 is 1.50 bits per heavy atom. The van der Waals surface area contributed by atoms with Gasteiger partial charge >= 0.3 is 0 Å². The molecular formula is C18H15ClN2O4S. The first-order chi connectivity index (χ1) is 12.4. The summed E-state index contributed by atoms with van der Waals surface area (Å²) in [5.74, 6) is -0.720. The molecule has 134 valence electrons. The van der Waals surface area contributed by atoms with Crippen molar-refractivity contribution in [2.24, 2.45) is 0 Å². The average Bonchev–Trinajstić information content (AvgIpc) is 3.20. The Kier molecular flexibility index (Phi) is 4.10. The van der Waals surface area contributed by atoms with Gasteiger partial charge in [0.15, 0.2) is 0 Å². The second kappa shape index (κ2) is 6.19. The summed E-state index contributed by atoms with van der Waals surface area (Å²) < 4.78 is 26.9. The number of carbonyl (C=O) groups excluding carboxylic acids is 2. The van der Waals surface area contributed by atoms with E-state index in [4.69, 9.17) is 11.6 Å². The van der Waals surface area contributed by atoms with E-state index in [-0.39, 0.29) is 29.8 Å². The van der Waals surface area contributed by atoms with Gasteiger partial charge in [-0.2, -0.15) is 4.31 Å². The molecule has 4 rings (SSSR count). The zero-order chi connectivity index (χ0) is 18.5. The minimum absolute atomic E-state index is 0.0937. The van der Waals surface area contributed by atoms with Crippen molar-refractivity contribution in [2.45, 2.75) is 17.4 Å². The predicted octanol–water partition coefficient (Wildman–Crippen LogP) is 2.40. The summed E-state index contributed by atoms with van der Waals surface area (Å²) in [5.41, 5.74) is 0.744. The first-order valence-corrected chi connectivity index (χ1v) is 9.94. The second-order valence-corrected chi connectivity index (χ2v) is 8.66. The number of hydrogen-bond acceptors (Lipinski definition) is 4. The van der Waals surface area contributed by atoms with Crippen molar-refractivity contribution in [2.75, 3.05) is 13.1 Å². The monoisotopic (exact) mass is 390 g/mol. The summed E-state index contributed by atoms with van der Waals surface area (Å²) in [6.07, 6.45) is 0.415. The molecule has 0 radical (unpaired) electrons. The number of rotatable bonds is 3. The van der Waals surface area contributed by atoms with Crippen LogP contribution in [0.1, 0.15) is 27.1 Å². The number of fused-ring (bicyclic) bond motifs is 1. The SMILES string of the molecule is O=C1c2ccccc2C(=O)N1C1CCN(S(=O)(=O)c2ccc(Cl)cc2)C1. The van der Waals surface area contributed by atoms with Gasteiger partial charge in [-0.15, -0.1) is 0 Å². The highest BCUT2D eigenvalue weighted by Crippen LogP contribution is 2.30. The Labute approximate surface area is 156 Å². The van der Waals surface area contributed by atoms with Crippen LogP contribution < -0.4 is 0 Å². The van der Waals surface area contributed by atoms with E-state index < -0.39 is 16.1 Å². The summed E-state index contributed by atoms with van der Waals surface area (Å²) >= 11 is 5.82. The Morgan fingerprint density at radius 3 is 2.08 bits per heavy atom. The van der Waals surface area contributed by atoms with Crippen LogP contribution in [0.4, 0.5) is 0 Å². The van der Waals surface area contributed by atoms with Gasteiger partial charge in [-0.3, -0.25) is 14.5 Å². The fourth-order valence-electron chi connectivity index (χ4n) is 3.43. The van der Waals surface area contributed by atoms with Gasteiger partial charge in [0, 0.05) is 18.1 Å². The van der Waals surface area contributed by atoms with E-state index in [1.54, 1.807) is 24.3 Å². The van der Waals surface area contributed by atoms with Crippen molar-refractivity contribution in [1.82, 2.24) is 9.21 Å². The van der Waals surface area contributed by atoms with Gasteiger partial charge in [-0.1, -0.05) is 23.7 Å². The summed E-state index contributed by atoms with van der Waals surface area (Å²) in [4.78, 5) is 26.5. The smallest absolute Gasteiger partial charge is 0.261 e. The predicted molar refractivity (Wildman–Crippen MR) is 95.6 cm³/mol. The maximum atomic E-state index is 12.8. The lowest BCUT2D eigenvalue weighted by atomic mass is 10.1. The maximum Gasteiger partial charge on any atom is 0.261 e. The van der Waals surface area contributed by atoms with E-state index in [1.165, 1.54) is 33.5 Å².